The Morgan fingerprint density at radius 3 is 2.81 bits per heavy atom. The first-order valence-electron chi connectivity index (χ1n) is 8.74. The Morgan fingerprint density at radius 2 is 2.08 bits per heavy atom. The number of nitrogens with one attached hydrogen (secondary N) is 1. The lowest BCUT2D eigenvalue weighted by Crippen LogP contribution is -2.21. The third-order valence-corrected chi connectivity index (χ3v) is 5.59. The van der Waals surface area contributed by atoms with Crippen LogP contribution >= 0.6 is 11.3 Å². The van der Waals surface area contributed by atoms with E-state index in [1.807, 2.05) is 47.3 Å². The van der Waals surface area contributed by atoms with Crippen molar-refractivity contribution in [3.63, 3.8) is 0 Å². The zero-order chi connectivity index (χ0) is 18.1. The number of hydrogen-bond acceptors (Lipinski definition) is 4. The van der Waals surface area contributed by atoms with Crippen LogP contribution in [0.25, 0.3) is 5.69 Å². The number of carbonyl (C=O) groups is 1. The molecule has 2 heterocycles. The molecular formula is C19H20N4O2S. The van der Waals surface area contributed by atoms with Crippen molar-refractivity contribution >= 4 is 23.1 Å². The number of benzene rings is 1. The average molecular weight is 368 g/mol. The van der Waals surface area contributed by atoms with E-state index in [2.05, 4.69) is 5.32 Å². The Hall–Kier alpha value is -2.67. The van der Waals surface area contributed by atoms with Crippen LogP contribution in [0.15, 0.2) is 40.5 Å². The number of anilines is 1. The summed E-state index contributed by atoms with van der Waals surface area (Å²) in [6.45, 7) is 2.27. The van der Waals surface area contributed by atoms with Crippen LogP contribution in [0.5, 0.6) is 0 Å². The monoisotopic (exact) mass is 368 g/mol. The van der Waals surface area contributed by atoms with Gasteiger partial charge in [-0.25, -0.2) is 4.68 Å². The summed E-state index contributed by atoms with van der Waals surface area (Å²) in [6, 6.07) is 9.83. The molecule has 134 valence electrons. The van der Waals surface area contributed by atoms with Crippen molar-refractivity contribution in [1.29, 1.82) is 0 Å². The molecule has 6 nitrogen and oxygen atoms in total. The van der Waals surface area contributed by atoms with Gasteiger partial charge in [-0.2, -0.15) is 5.10 Å². The van der Waals surface area contributed by atoms with Gasteiger partial charge in [0.05, 0.1) is 11.4 Å². The first-order chi connectivity index (χ1) is 12.6. The van der Waals surface area contributed by atoms with E-state index in [9.17, 15) is 9.59 Å². The van der Waals surface area contributed by atoms with E-state index in [0.717, 1.165) is 47.7 Å². The highest BCUT2D eigenvalue weighted by Gasteiger charge is 2.24. The molecule has 2 aromatic heterocycles. The molecule has 1 aliphatic rings. The number of para-hydroxylation sites is 1. The average Bonchev–Trinajstić information content (AvgIpc) is 3.31. The smallest absolute Gasteiger partial charge is 0.307 e. The minimum absolute atomic E-state index is 0.0227. The van der Waals surface area contributed by atoms with Crippen LogP contribution in [-0.2, 0) is 24.2 Å². The zero-order valence-electron chi connectivity index (χ0n) is 14.6. The van der Waals surface area contributed by atoms with Crippen molar-refractivity contribution in [3.8, 4) is 5.69 Å². The number of aromatic nitrogens is 3. The van der Waals surface area contributed by atoms with Gasteiger partial charge in [-0.1, -0.05) is 29.5 Å². The number of carbonyl (C=O) groups excluding carboxylic acids is 1. The summed E-state index contributed by atoms with van der Waals surface area (Å²) in [7, 11) is 0. The second-order valence-electron chi connectivity index (χ2n) is 6.47. The van der Waals surface area contributed by atoms with Crippen LogP contribution < -0.4 is 10.2 Å². The fourth-order valence-corrected chi connectivity index (χ4v) is 4.12. The van der Waals surface area contributed by atoms with Gasteiger partial charge in [0.25, 0.3) is 0 Å². The summed E-state index contributed by atoms with van der Waals surface area (Å²) >= 11 is 1.17. The molecular weight excluding hydrogens is 348 g/mol. The first-order valence-corrected chi connectivity index (χ1v) is 9.62. The van der Waals surface area contributed by atoms with E-state index < -0.39 is 0 Å². The molecule has 0 saturated heterocycles. The highest BCUT2D eigenvalue weighted by Crippen LogP contribution is 2.31. The molecule has 1 amide bonds. The molecule has 0 aliphatic heterocycles. The van der Waals surface area contributed by atoms with Gasteiger partial charge in [-0.05, 0) is 38.3 Å². The Kier molecular flexibility index (Phi) is 4.46. The predicted molar refractivity (Wildman–Crippen MR) is 102 cm³/mol. The second kappa shape index (κ2) is 6.92. The molecule has 0 fully saturated rings. The zero-order valence-corrected chi connectivity index (χ0v) is 15.4. The summed E-state index contributed by atoms with van der Waals surface area (Å²) in [4.78, 5) is 24.3. The lowest BCUT2D eigenvalue weighted by Gasteiger charge is -2.11. The van der Waals surface area contributed by atoms with E-state index >= 15 is 0 Å². The maximum Gasteiger partial charge on any atom is 0.307 e. The Morgan fingerprint density at radius 1 is 1.27 bits per heavy atom. The number of fused-ring (bicyclic) bond motifs is 1. The van der Waals surface area contributed by atoms with Gasteiger partial charge in [0.15, 0.2) is 0 Å². The van der Waals surface area contributed by atoms with E-state index in [0.29, 0.717) is 6.54 Å². The molecule has 0 atom stereocenters. The largest absolute Gasteiger partial charge is 0.310 e. The summed E-state index contributed by atoms with van der Waals surface area (Å²) in [5.74, 6) is 0.664. The van der Waals surface area contributed by atoms with Crippen LogP contribution in [0.2, 0.25) is 0 Å². The van der Waals surface area contributed by atoms with Crippen LogP contribution in [0.1, 0.15) is 29.8 Å². The molecule has 0 radical (unpaired) electrons. The fourth-order valence-electron chi connectivity index (χ4n) is 3.36. The SMILES string of the molecule is Cc1csc(=O)n1CCC(=O)Nc1c2c(nn1-c1ccccc1)CCC2. The maximum absolute atomic E-state index is 12.5. The highest BCUT2D eigenvalue weighted by molar-refractivity contribution is 7.07. The number of nitrogens with zero attached hydrogens (tertiary/aromatic N) is 3. The van der Waals surface area contributed by atoms with Crippen molar-refractivity contribution in [1.82, 2.24) is 14.3 Å². The Labute approximate surface area is 155 Å². The van der Waals surface area contributed by atoms with Crippen molar-refractivity contribution in [2.24, 2.45) is 0 Å². The summed E-state index contributed by atoms with van der Waals surface area (Å²) in [6.07, 6.45) is 3.20. The Bertz CT molecular complexity index is 1000. The third kappa shape index (κ3) is 3.10. The van der Waals surface area contributed by atoms with Crippen LogP contribution in [0.4, 0.5) is 5.82 Å². The van der Waals surface area contributed by atoms with Gasteiger partial charge in [0.1, 0.15) is 5.82 Å². The number of rotatable bonds is 5. The number of thiazole rings is 1. The number of amides is 1. The number of hydrogen-bond donors (Lipinski definition) is 1. The minimum Gasteiger partial charge on any atom is -0.310 e. The van der Waals surface area contributed by atoms with Crippen LogP contribution in [-0.4, -0.2) is 20.3 Å². The lowest BCUT2D eigenvalue weighted by atomic mass is 10.2. The standard InChI is InChI=1S/C19H20N4O2S/c1-13-12-26-19(25)22(13)11-10-17(24)20-18-15-8-5-9-16(15)21-23(18)14-6-3-2-4-7-14/h2-4,6-7,12H,5,8-11H2,1H3,(H,20,24). The van der Waals surface area contributed by atoms with Gasteiger partial charge in [-0.3, -0.25) is 9.59 Å². The number of aryl methyl sites for hydroxylation is 2. The van der Waals surface area contributed by atoms with Crippen LogP contribution in [0.3, 0.4) is 0 Å². The van der Waals surface area contributed by atoms with E-state index in [1.165, 1.54) is 11.3 Å². The van der Waals surface area contributed by atoms with E-state index in [4.69, 9.17) is 5.10 Å². The predicted octanol–water partition coefficient (Wildman–Crippen LogP) is 2.92. The van der Waals surface area contributed by atoms with Crippen molar-refractivity contribution in [2.75, 3.05) is 5.32 Å². The van der Waals surface area contributed by atoms with Crippen molar-refractivity contribution < 1.29 is 4.79 Å². The molecule has 26 heavy (non-hydrogen) atoms. The van der Waals surface area contributed by atoms with Gasteiger partial charge >= 0.3 is 4.87 Å². The summed E-state index contributed by atoms with van der Waals surface area (Å²) in [5, 5.41) is 9.56. The molecule has 1 aliphatic carbocycles. The molecule has 7 heteroatoms. The molecule has 1 aromatic carbocycles. The summed E-state index contributed by atoms with van der Waals surface area (Å²) in [5.41, 5.74) is 4.02. The topological polar surface area (TPSA) is 68.9 Å². The minimum atomic E-state index is -0.103. The highest BCUT2D eigenvalue weighted by atomic mass is 32.1. The molecule has 3 aromatic rings. The third-order valence-electron chi connectivity index (χ3n) is 4.70. The van der Waals surface area contributed by atoms with Gasteiger partial charge in [-0.15, -0.1) is 0 Å². The summed E-state index contributed by atoms with van der Waals surface area (Å²) < 4.78 is 3.47. The molecule has 1 N–H and O–H groups in total. The lowest BCUT2D eigenvalue weighted by molar-refractivity contribution is -0.116. The molecule has 0 spiro atoms. The van der Waals surface area contributed by atoms with E-state index in [-0.39, 0.29) is 17.2 Å². The maximum atomic E-state index is 12.5. The molecule has 4 rings (SSSR count). The first kappa shape index (κ1) is 16.8. The van der Waals surface area contributed by atoms with Crippen molar-refractivity contribution in [3.05, 3.63) is 62.3 Å². The normalized spacial score (nSPS) is 13.0. The molecule has 0 unspecified atom stereocenters. The molecule has 0 saturated carbocycles. The van der Waals surface area contributed by atoms with Crippen LogP contribution in [0, 0.1) is 6.92 Å². The van der Waals surface area contributed by atoms with Gasteiger partial charge in [0, 0.05) is 29.6 Å². The quantitative estimate of drug-likeness (QED) is 0.753. The van der Waals surface area contributed by atoms with Gasteiger partial charge in [0.2, 0.25) is 5.91 Å². The molecule has 0 bridgehead atoms. The second-order valence-corrected chi connectivity index (χ2v) is 7.29. The fraction of sp³-hybridized carbons (Fsp3) is 0.316. The van der Waals surface area contributed by atoms with E-state index in [1.54, 1.807) is 4.57 Å². The van der Waals surface area contributed by atoms with Crippen molar-refractivity contribution in [2.45, 2.75) is 39.2 Å². The van der Waals surface area contributed by atoms with Gasteiger partial charge < -0.3 is 9.88 Å². The Balaban J connectivity index is 1.56.